The summed E-state index contributed by atoms with van der Waals surface area (Å²) < 4.78 is 0. The summed E-state index contributed by atoms with van der Waals surface area (Å²) in [6.45, 7) is 15.5. The summed E-state index contributed by atoms with van der Waals surface area (Å²) in [5.41, 5.74) is 3.55. The molecule has 0 spiro atoms. The van der Waals surface area contributed by atoms with Crippen LogP contribution in [0.2, 0.25) is 19.6 Å². The van der Waals surface area contributed by atoms with Gasteiger partial charge in [0.15, 0.2) is 5.96 Å². The summed E-state index contributed by atoms with van der Waals surface area (Å²) >= 11 is 0. The molecule has 0 aliphatic heterocycles. The maximum absolute atomic E-state index is 5.04. The minimum Gasteiger partial charge on any atom is -0.432 e. The molecule has 152 valence electrons. The Labute approximate surface area is 186 Å². The normalized spacial score (nSPS) is 12.9. The van der Waals surface area contributed by atoms with Crippen molar-refractivity contribution >= 4 is 25.8 Å². The van der Waals surface area contributed by atoms with E-state index in [1.54, 1.807) is 0 Å². The Hall–Kier alpha value is -1.23. The van der Waals surface area contributed by atoms with Crippen molar-refractivity contribution in [1.29, 1.82) is 0 Å². The van der Waals surface area contributed by atoms with E-state index >= 15 is 0 Å². The molecule has 0 aliphatic rings. The number of hydrogen-bond acceptors (Lipinski definition) is 1. The first kappa shape index (κ1) is 26.8. The van der Waals surface area contributed by atoms with Gasteiger partial charge in [-0.05, 0) is 37.1 Å². The molecule has 1 rings (SSSR count). The Kier molecular flexibility index (Phi) is 10.6. The van der Waals surface area contributed by atoms with Gasteiger partial charge in [0, 0.05) is 20.1 Å². The van der Waals surface area contributed by atoms with E-state index in [1.807, 2.05) is 38.0 Å². The van der Waals surface area contributed by atoms with E-state index in [2.05, 4.69) is 65.5 Å². The van der Waals surface area contributed by atoms with Gasteiger partial charge in [-0.3, -0.25) is 0 Å². The third kappa shape index (κ3) is 8.02. The van der Waals surface area contributed by atoms with E-state index < -0.39 is 8.24 Å². The van der Waals surface area contributed by atoms with Gasteiger partial charge in [0.1, 0.15) is 0 Å². The van der Waals surface area contributed by atoms with Gasteiger partial charge in [0.2, 0.25) is 0 Å². The van der Waals surface area contributed by atoms with Crippen molar-refractivity contribution in [2.24, 2.45) is 9.98 Å². The van der Waals surface area contributed by atoms with Gasteiger partial charge in [-0.25, -0.2) is 4.99 Å². The van der Waals surface area contributed by atoms with Crippen molar-refractivity contribution in [3.05, 3.63) is 34.3 Å². The number of aliphatic imine (C=N–C) groups is 2. The number of rotatable bonds is 4. The average Bonchev–Trinajstić information content (AvgIpc) is 2.51. The smallest absolute Gasteiger partial charge is 0.432 e. The second-order valence-electron chi connectivity index (χ2n) is 8.99. The Morgan fingerprint density at radius 2 is 1.36 bits per heavy atom. The molecule has 7 heteroatoms. The van der Waals surface area contributed by atoms with Gasteiger partial charge in [0.05, 0.1) is 13.9 Å². The van der Waals surface area contributed by atoms with E-state index in [0.717, 1.165) is 11.6 Å². The van der Waals surface area contributed by atoms with Crippen LogP contribution in [0.3, 0.4) is 0 Å². The van der Waals surface area contributed by atoms with Crippen molar-refractivity contribution in [1.82, 2.24) is 9.80 Å². The topological polar surface area (TPSA) is 45.3 Å². The Morgan fingerprint density at radius 3 is 1.68 bits per heavy atom. The molecule has 1 aromatic rings. The van der Waals surface area contributed by atoms with Crippen LogP contribution in [0.4, 0.5) is 5.69 Å². The summed E-state index contributed by atoms with van der Waals surface area (Å²) in [6, 6.07) is 6.48. The number of nitrogens with zero attached hydrogens (tertiary/aromatic N) is 5. The van der Waals surface area contributed by atoms with Crippen molar-refractivity contribution in [3.8, 4) is 0 Å². The van der Waals surface area contributed by atoms with Crippen LogP contribution in [-0.4, -0.2) is 58.1 Å². The largest absolute Gasteiger partial charge is 1.00 e. The first-order valence-electron chi connectivity index (χ1n) is 9.71. The van der Waals surface area contributed by atoms with Crippen LogP contribution in [0, 0.1) is 0 Å². The average molecular weight is 396 g/mol. The number of guanidine groups is 2. The Morgan fingerprint density at radius 1 is 0.893 bits per heavy atom. The molecule has 0 atom stereocenters. The predicted molar refractivity (Wildman–Crippen MR) is 123 cm³/mol. The number of para-hydroxylation sites is 1. The fourth-order valence-corrected chi connectivity index (χ4v) is 3.43. The Balaban J connectivity index is 0.00000729. The molecular formula is C21H38LiN5Si. The molecule has 0 saturated carbocycles. The zero-order valence-electron chi connectivity index (χ0n) is 20.1. The summed E-state index contributed by atoms with van der Waals surface area (Å²) in [5.74, 6) is 2.20. The van der Waals surface area contributed by atoms with Gasteiger partial charge in [-0.2, -0.15) is 0 Å². The minimum atomic E-state index is -1.66. The van der Waals surface area contributed by atoms with Crippen molar-refractivity contribution in [2.45, 2.75) is 59.2 Å². The van der Waals surface area contributed by atoms with Crippen molar-refractivity contribution < 1.29 is 18.9 Å². The minimum absolute atomic E-state index is 0. The first-order chi connectivity index (χ1) is 12.3. The quantitative estimate of drug-likeness (QED) is 0.447. The van der Waals surface area contributed by atoms with E-state index in [9.17, 15) is 0 Å². The van der Waals surface area contributed by atoms with Gasteiger partial charge in [0.25, 0.3) is 0 Å². The molecule has 0 saturated heterocycles. The van der Waals surface area contributed by atoms with Crippen LogP contribution in [0.1, 0.15) is 50.7 Å². The third-order valence-electron chi connectivity index (χ3n) is 3.99. The molecule has 0 aliphatic carbocycles. The molecule has 5 nitrogen and oxygen atoms in total. The zero-order valence-corrected chi connectivity index (χ0v) is 21.1. The molecule has 1 aromatic carbocycles. The van der Waals surface area contributed by atoms with Gasteiger partial charge in [-0.1, -0.05) is 65.5 Å². The molecule has 0 heterocycles. The van der Waals surface area contributed by atoms with Crippen molar-refractivity contribution in [3.63, 3.8) is 0 Å². The van der Waals surface area contributed by atoms with Gasteiger partial charge < -0.3 is 19.8 Å². The third-order valence-corrected chi connectivity index (χ3v) is 4.86. The maximum Gasteiger partial charge on any atom is 1.00 e. The molecule has 0 fully saturated rings. The molecule has 0 unspecified atom stereocenters. The van der Waals surface area contributed by atoms with Gasteiger partial charge in [-0.15, -0.1) is 0 Å². The molecule has 0 aromatic heterocycles. The van der Waals surface area contributed by atoms with E-state index in [0.29, 0.717) is 17.8 Å². The maximum atomic E-state index is 5.04. The fourth-order valence-electron chi connectivity index (χ4n) is 2.58. The monoisotopic (exact) mass is 395 g/mol. The Bertz CT molecular complexity index is 662. The molecule has 0 radical (unpaired) electrons. The second-order valence-corrected chi connectivity index (χ2v) is 13.6. The molecule has 28 heavy (non-hydrogen) atoms. The number of benzene rings is 1. The first-order valence-corrected chi connectivity index (χ1v) is 13.2. The van der Waals surface area contributed by atoms with Crippen LogP contribution in [0.5, 0.6) is 0 Å². The van der Waals surface area contributed by atoms with E-state index in [4.69, 9.17) is 15.0 Å². The van der Waals surface area contributed by atoms with Crippen LogP contribution < -0.4 is 18.9 Å². The second kappa shape index (κ2) is 11.1. The van der Waals surface area contributed by atoms with Crippen LogP contribution >= 0.6 is 0 Å². The van der Waals surface area contributed by atoms with Crippen LogP contribution in [0.25, 0.3) is 4.98 Å². The predicted octanol–water partition coefficient (Wildman–Crippen LogP) is 2.61. The molecule has 0 N–H and O–H groups in total. The molecule has 0 bridgehead atoms. The SMILES string of the molecule is CC(C)c1cccc(C(C)C)c1N=C(/N=C(/[N-][Si](C)(C)C)N(C)C)N(C)C.[Li+]. The summed E-state index contributed by atoms with van der Waals surface area (Å²) in [7, 11) is 6.28. The van der Waals surface area contributed by atoms with Crippen LogP contribution in [-0.2, 0) is 0 Å². The zero-order chi connectivity index (χ0) is 20.9. The standard InChI is InChI=1S/C21H38N5Si.Li/c1-15(2)17-13-12-14-18(16(3)4)19(17)22-20(25(5)6)23-21(26(7)8)24-27(9,10)11;/h12-16H,1-11H3;/q-1;+1. The van der Waals surface area contributed by atoms with Gasteiger partial charge >= 0.3 is 18.9 Å². The summed E-state index contributed by atoms with van der Waals surface area (Å²) in [6.07, 6.45) is 0. The molecular weight excluding hydrogens is 357 g/mol. The number of hydrogen-bond donors (Lipinski definition) is 0. The van der Waals surface area contributed by atoms with E-state index in [1.165, 1.54) is 11.1 Å². The fraction of sp³-hybridized carbons (Fsp3) is 0.619. The van der Waals surface area contributed by atoms with Crippen molar-refractivity contribution in [2.75, 3.05) is 28.2 Å². The summed E-state index contributed by atoms with van der Waals surface area (Å²) in [4.78, 5) is 18.7. The molecule has 0 amide bonds. The van der Waals surface area contributed by atoms with Crippen LogP contribution in [0.15, 0.2) is 28.2 Å². The van der Waals surface area contributed by atoms with E-state index in [-0.39, 0.29) is 18.9 Å². The summed E-state index contributed by atoms with van der Waals surface area (Å²) in [5, 5.41) is 0.